The van der Waals surface area contributed by atoms with Crippen LogP contribution in [0.5, 0.6) is 5.75 Å². The molecule has 2 aromatic rings. The second kappa shape index (κ2) is 7.45. The van der Waals surface area contributed by atoms with Crippen LogP contribution in [0.1, 0.15) is 12.8 Å². The Balaban J connectivity index is 1.98. The van der Waals surface area contributed by atoms with Crippen LogP contribution in [0.2, 0.25) is 0 Å². The molecule has 1 heterocycles. The number of rotatable bonds is 6. The van der Waals surface area contributed by atoms with Gasteiger partial charge in [0.25, 0.3) is 10.0 Å². The third kappa shape index (κ3) is 4.07. The zero-order valence-electron chi connectivity index (χ0n) is 14.6. The molecule has 1 aliphatic rings. The molecule has 0 spiro atoms. The van der Waals surface area contributed by atoms with Crippen LogP contribution < -0.4 is 9.46 Å². The molecule has 2 aromatic carbocycles. The highest BCUT2D eigenvalue weighted by atomic mass is 32.2. The number of sulfonamides is 2. The van der Waals surface area contributed by atoms with Crippen LogP contribution in [0.3, 0.4) is 0 Å². The van der Waals surface area contributed by atoms with Crippen LogP contribution in [0, 0.1) is 5.82 Å². The quantitative estimate of drug-likeness (QED) is 0.784. The zero-order valence-corrected chi connectivity index (χ0v) is 16.2. The fraction of sp³-hybridized carbons (Fsp3) is 0.294. The molecular weight excluding hydrogens is 395 g/mol. The smallest absolute Gasteiger partial charge is 0.262 e. The maximum atomic E-state index is 13.0. The summed E-state index contributed by atoms with van der Waals surface area (Å²) < 4.78 is 72.4. The molecule has 0 unspecified atom stereocenters. The molecule has 0 atom stereocenters. The van der Waals surface area contributed by atoms with E-state index in [-0.39, 0.29) is 21.2 Å². The Labute approximate surface area is 157 Å². The van der Waals surface area contributed by atoms with E-state index in [9.17, 15) is 21.2 Å². The number of nitrogens with one attached hydrogen (secondary N) is 1. The van der Waals surface area contributed by atoms with Crippen LogP contribution in [0.25, 0.3) is 0 Å². The zero-order chi connectivity index (χ0) is 19.7. The summed E-state index contributed by atoms with van der Waals surface area (Å²) in [7, 11) is -6.42. The molecule has 1 aliphatic heterocycles. The lowest BCUT2D eigenvalue weighted by atomic mass is 10.3. The summed E-state index contributed by atoms with van der Waals surface area (Å²) in [5, 5.41) is 0. The van der Waals surface area contributed by atoms with Crippen molar-refractivity contribution in [2.75, 3.05) is 24.9 Å². The summed E-state index contributed by atoms with van der Waals surface area (Å²) in [6, 6.07) is 8.30. The number of ether oxygens (including phenoxy) is 1. The Morgan fingerprint density at radius 3 is 2.15 bits per heavy atom. The van der Waals surface area contributed by atoms with Crippen LogP contribution in [-0.4, -0.2) is 41.3 Å². The van der Waals surface area contributed by atoms with Gasteiger partial charge in [0.15, 0.2) is 0 Å². The van der Waals surface area contributed by atoms with E-state index in [1.165, 1.54) is 29.6 Å². The van der Waals surface area contributed by atoms with E-state index in [1.807, 2.05) is 0 Å². The van der Waals surface area contributed by atoms with E-state index in [1.54, 1.807) is 0 Å². The number of anilines is 1. The third-order valence-corrected chi connectivity index (χ3v) is 7.52. The Morgan fingerprint density at radius 1 is 0.963 bits per heavy atom. The van der Waals surface area contributed by atoms with Gasteiger partial charge in [-0.1, -0.05) is 0 Å². The summed E-state index contributed by atoms with van der Waals surface area (Å²) in [5.74, 6) is -0.397. The molecule has 1 N–H and O–H groups in total. The van der Waals surface area contributed by atoms with Crippen LogP contribution in [0.4, 0.5) is 10.1 Å². The van der Waals surface area contributed by atoms with Crippen LogP contribution in [0.15, 0.2) is 52.3 Å². The maximum absolute atomic E-state index is 13.0. The summed E-state index contributed by atoms with van der Waals surface area (Å²) in [5.41, 5.74) is -0.0119. The normalized spacial score (nSPS) is 15.6. The monoisotopic (exact) mass is 414 g/mol. The van der Waals surface area contributed by atoms with E-state index in [4.69, 9.17) is 4.74 Å². The van der Waals surface area contributed by atoms with Gasteiger partial charge in [0, 0.05) is 13.1 Å². The lowest BCUT2D eigenvalue weighted by Crippen LogP contribution is -2.28. The second-order valence-corrected chi connectivity index (χ2v) is 9.65. The number of hydrogen-bond donors (Lipinski definition) is 1. The molecule has 0 saturated carbocycles. The van der Waals surface area contributed by atoms with Crippen molar-refractivity contribution in [3.8, 4) is 5.75 Å². The fourth-order valence-corrected chi connectivity index (χ4v) is 5.43. The van der Waals surface area contributed by atoms with Crippen LogP contribution >= 0.6 is 0 Å². The molecule has 0 radical (unpaired) electrons. The first-order chi connectivity index (χ1) is 12.7. The molecule has 0 aromatic heterocycles. The van der Waals surface area contributed by atoms with Crippen molar-refractivity contribution in [3.05, 3.63) is 48.3 Å². The number of methoxy groups -OCH3 is 1. The fourth-order valence-electron chi connectivity index (χ4n) is 2.82. The maximum Gasteiger partial charge on any atom is 0.262 e. The molecule has 27 heavy (non-hydrogen) atoms. The SMILES string of the molecule is COc1ccc(S(=O)(=O)N2CCCC2)cc1NS(=O)(=O)c1ccc(F)cc1. The molecule has 0 bridgehead atoms. The Bertz CT molecular complexity index is 1030. The Hall–Kier alpha value is -2.17. The standard InChI is InChI=1S/C17H19FN2O5S2/c1-25-17-9-8-15(27(23,24)20-10-2-3-11-20)12-16(17)19-26(21,22)14-6-4-13(18)5-7-14/h4-9,12,19H,2-3,10-11H2,1H3. The van der Waals surface area contributed by atoms with Gasteiger partial charge in [0.1, 0.15) is 11.6 Å². The molecule has 7 nitrogen and oxygen atoms in total. The third-order valence-electron chi connectivity index (χ3n) is 4.24. The largest absolute Gasteiger partial charge is 0.495 e. The Kier molecular flexibility index (Phi) is 5.41. The van der Waals surface area contributed by atoms with Crippen molar-refractivity contribution >= 4 is 25.7 Å². The number of hydrogen-bond acceptors (Lipinski definition) is 5. The van der Waals surface area contributed by atoms with Gasteiger partial charge in [0.05, 0.1) is 22.6 Å². The molecule has 0 aliphatic carbocycles. The molecule has 1 saturated heterocycles. The van der Waals surface area contributed by atoms with Crippen molar-refractivity contribution in [1.82, 2.24) is 4.31 Å². The summed E-state index contributed by atoms with van der Waals surface area (Å²) >= 11 is 0. The minimum absolute atomic E-state index is 0.0119. The van der Waals surface area contributed by atoms with Crippen molar-refractivity contribution in [3.63, 3.8) is 0 Å². The number of halogens is 1. The lowest BCUT2D eigenvalue weighted by Gasteiger charge is -2.18. The topological polar surface area (TPSA) is 92.8 Å². The van der Waals surface area contributed by atoms with Crippen molar-refractivity contribution in [2.45, 2.75) is 22.6 Å². The van der Waals surface area contributed by atoms with Crippen molar-refractivity contribution < 1.29 is 26.0 Å². The van der Waals surface area contributed by atoms with Crippen LogP contribution in [-0.2, 0) is 20.0 Å². The minimum Gasteiger partial charge on any atom is -0.495 e. The van der Waals surface area contributed by atoms with Gasteiger partial charge < -0.3 is 4.74 Å². The first-order valence-corrected chi connectivity index (χ1v) is 11.1. The molecular formula is C17H19FN2O5S2. The van der Waals surface area contributed by atoms with Gasteiger partial charge in [0.2, 0.25) is 10.0 Å². The molecule has 0 amide bonds. The van der Waals surface area contributed by atoms with Gasteiger partial charge in [-0.3, -0.25) is 4.72 Å². The molecule has 3 rings (SSSR count). The van der Waals surface area contributed by atoms with Gasteiger partial charge in [-0.2, -0.15) is 4.31 Å². The number of benzene rings is 2. The Morgan fingerprint density at radius 2 is 1.56 bits per heavy atom. The average Bonchev–Trinajstić information content (AvgIpc) is 3.17. The number of nitrogens with zero attached hydrogens (tertiary/aromatic N) is 1. The molecule has 1 fully saturated rings. The first kappa shape index (κ1) is 19.6. The van der Waals surface area contributed by atoms with E-state index in [0.29, 0.717) is 13.1 Å². The highest BCUT2D eigenvalue weighted by Crippen LogP contribution is 2.31. The summed E-state index contributed by atoms with van der Waals surface area (Å²) in [4.78, 5) is -0.180. The van der Waals surface area contributed by atoms with Gasteiger partial charge >= 0.3 is 0 Å². The first-order valence-electron chi connectivity index (χ1n) is 8.20. The summed E-state index contributed by atoms with van der Waals surface area (Å²) in [6.45, 7) is 0.871. The second-order valence-electron chi connectivity index (χ2n) is 6.03. The predicted octanol–water partition coefficient (Wildman–Crippen LogP) is 2.42. The molecule has 10 heteroatoms. The highest BCUT2D eigenvalue weighted by Gasteiger charge is 2.28. The minimum atomic E-state index is -4.05. The van der Waals surface area contributed by atoms with Gasteiger partial charge in [-0.25, -0.2) is 21.2 Å². The predicted molar refractivity (Wildman–Crippen MR) is 98.2 cm³/mol. The van der Waals surface area contributed by atoms with Crippen molar-refractivity contribution in [2.24, 2.45) is 0 Å². The highest BCUT2D eigenvalue weighted by molar-refractivity contribution is 7.92. The van der Waals surface area contributed by atoms with E-state index in [0.717, 1.165) is 37.1 Å². The van der Waals surface area contributed by atoms with E-state index < -0.39 is 25.9 Å². The lowest BCUT2D eigenvalue weighted by molar-refractivity contribution is 0.416. The molecule has 146 valence electrons. The average molecular weight is 414 g/mol. The van der Waals surface area contributed by atoms with Gasteiger partial charge in [-0.15, -0.1) is 0 Å². The van der Waals surface area contributed by atoms with Crippen molar-refractivity contribution in [1.29, 1.82) is 0 Å². The summed E-state index contributed by atoms with van der Waals surface area (Å²) in [6.07, 6.45) is 1.58. The van der Waals surface area contributed by atoms with E-state index in [2.05, 4.69) is 4.72 Å². The van der Waals surface area contributed by atoms with E-state index >= 15 is 0 Å². The van der Waals surface area contributed by atoms with Gasteiger partial charge in [-0.05, 0) is 55.3 Å².